The van der Waals surface area contributed by atoms with Crippen molar-refractivity contribution in [3.05, 3.63) is 54.3 Å². The molecule has 0 saturated carbocycles. The quantitative estimate of drug-likeness (QED) is 0.729. The summed E-state index contributed by atoms with van der Waals surface area (Å²) in [4.78, 5) is 23.1. The van der Waals surface area contributed by atoms with Gasteiger partial charge in [0.1, 0.15) is 0 Å². The topological polar surface area (TPSA) is 72.9 Å². The second kappa shape index (κ2) is 6.68. The average Bonchev–Trinajstić information content (AvgIpc) is 3.19. The van der Waals surface area contributed by atoms with E-state index < -0.39 is 0 Å². The zero-order valence-corrected chi connectivity index (χ0v) is 14.1. The lowest BCUT2D eigenvalue weighted by Crippen LogP contribution is -2.36. The van der Waals surface area contributed by atoms with Crippen LogP contribution in [0.2, 0.25) is 0 Å². The Morgan fingerprint density at radius 3 is 3.12 bits per heavy atom. The first-order valence-electron chi connectivity index (χ1n) is 8.40. The van der Waals surface area contributed by atoms with Crippen LogP contribution >= 0.6 is 0 Å². The Labute approximate surface area is 145 Å². The fraction of sp³-hybridized carbons (Fsp3) is 0.389. The van der Waals surface area contributed by atoms with Gasteiger partial charge in [0.15, 0.2) is 6.39 Å². The molecule has 130 valence electrons. The van der Waals surface area contributed by atoms with Crippen LogP contribution in [0.3, 0.4) is 0 Å². The zero-order chi connectivity index (χ0) is 17.2. The largest absolute Gasteiger partial charge is 0.438 e. The molecule has 1 saturated heterocycles. The van der Waals surface area contributed by atoms with Crippen molar-refractivity contribution in [3.8, 4) is 0 Å². The van der Waals surface area contributed by atoms with Gasteiger partial charge in [-0.2, -0.15) is 0 Å². The molecule has 3 aromatic rings. The Morgan fingerprint density at radius 1 is 1.36 bits per heavy atom. The van der Waals surface area contributed by atoms with E-state index >= 15 is 0 Å². The molecule has 4 heterocycles. The van der Waals surface area contributed by atoms with Crippen molar-refractivity contribution in [2.45, 2.75) is 13.3 Å². The van der Waals surface area contributed by atoms with Gasteiger partial charge < -0.3 is 18.5 Å². The number of aromatic nitrogens is 3. The minimum atomic E-state index is -0.126. The molecule has 7 nitrogen and oxygen atoms in total. The fourth-order valence-electron chi connectivity index (χ4n) is 3.30. The smallest absolute Gasteiger partial charge is 0.291 e. The van der Waals surface area contributed by atoms with Crippen molar-refractivity contribution in [1.82, 2.24) is 19.3 Å². The number of aryl methyl sites for hydroxylation is 1. The number of fused-ring (bicyclic) bond motifs is 1. The van der Waals surface area contributed by atoms with E-state index in [4.69, 9.17) is 9.15 Å². The molecule has 0 aromatic carbocycles. The molecule has 25 heavy (non-hydrogen) atoms. The third kappa shape index (κ3) is 3.15. The van der Waals surface area contributed by atoms with Crippen LogP contribution < -0.4 is 0 Å². The number of nitrogens with zero attached hydrogens (tertiary/aromatic N) is 4. The second-order valence-electron chi connectivity index (χ2n) is 6.34. The van der Waals surface area contributed by atoms with Crippen LogP contribution in [0.4, 0.5) is 0 Å². The first kappa shape index (κ1) is 15.8. The van der Waals surface area contributed by atoms with Crippen molar-refractivity contribution in [3.63, 3.8) is 0 Å². The van der Waals surface area contributed by atoms with E-state index in [1.165, 1.54) is 6.39 Å². The van der Waals surface area contributed by atoms with E-state index in [2.05, 4.69) is 20.4 Å². The number of amides is 1. The maximum Gasteiger partial charge on any atom is 0.291 e. The Kier molecular flexibility index (Phi) is 4.23. The van der Waals surface area contributed by atoms with Gasteiger partial charge in [0.25, 0.3) is 5.91 Å². The highest BCUT2D eigenvalue weighted by atomic mass is 16.5. The molecule has 0 aliphatic carbocycles. The first-order chi connectivity index (χ1) is 12.2. The van der Waals surface area contributed by atoms with E-state index in [0.29, 0.717) is 37.8 Å². The van der Waals surface area contributed by atoms with Gasteiger partial charge >= 0.3 is 0 Å². The molecule has 1 aliphatic rings. The molecule has 7 heteroatoms. The van der Waals surface area contributed by atoms with Gasteiger partial charge in [0, 0.05) is 37.6 Å². The summed E-state index contributed by atoms with van der Waals surface area (Å²) >= 11 is 0. The molecule has 1 amide bonds. The highest BCUT2D eigenvalue weighted by Gasteiger charge is 2.27. The molecular formula is C18H20N4O3. The van der Waals surface area contributed by atoms with E-state index in [-0.39, 0.29) is 11.8 Å². The summed E-state index contributed by atoms with van der Waals surface area (Å²) in [7, 11) is 0. The lowest BCUT2D eigenvalue weighted by Gasteiger charge is -2.22. The van der Waals surface area contributed by atoms with Crippen LogP contribution in [0.1, 0.15) is 21.9 Å². The standard InChI is InChI=1S/C18H20N4O3/c1-13-17(25-12-20-13)18(23)22-7-8-24-11-14(10-22)9-15-16-3-2-5-21(16)6-4-19-15/h2-6,12,14H,7-11H2,1H3/t14-/m0/s1. The number of oxazole rings is 1. The summed E-state index contributed by atoms with van der Waals surface area (Å²) in [6.07, 6.45) is 7.82. The van der Waals surface area contributed by atoms with Crippen molar-refractivity contribution in [2.75, 3.05) is 26.3 Å². The van der Waals surface area contributed by atoms with Crippen LogP contribution in [-0.4, -0.2) is 51.5 Å². The highest BCUT2D eigenvalue weighted by Crippen LogP contribution is 2.19. The predicted molar refractivity (Wildman–Crippen MR) is 90.3 cm³/mol. The van der Waals surface area contributed by atoms with Gasteiger partial charge in [0.05, 0.1) is 30.1 Å². The van der Waals surface area contributed by atoms with Crippen LogP contribution in [0.15, 0.2) is 41.5 Å². The third-order valence-electron chi connectivity index (χ3n) is 4.58. The summed E-state index contributed by atoms with van der Waals surface area (Å²) in [5.41, 5.74) is 2.73. The Balaban J connectivity index is 1.53. The van der Waals surface area contributed by atoms with Gasteiger partial charge in [-0.3, -0.25) is 9.78 Å². The molecule has 0 N–H and O–H groups in total. The first-order valence-corrected chi connectivity index (χ1v) is 8.40. The molecule has 1 aliphatic heterocycles. The number of carbonyl (C=O) groups is 1. The van der Waals surface area contributed by atoms with Crippen LogP contribution in [0, 0.1) is 12.8 Å². The minimum Gasteiger partial charge on any atom is -0.438 e. The van der Waals surface area contributed by atoms with Gasteiger partial charge in [-0.25, -0.2) is 4.98 Å². The summed E-state index contributed by atoms with van der Waals surface area (Å²) in [6.45, 7) is 4.08. The van der Waals surface area contributed by atoms with Gasteiger partial charge in [-0.1, -0.05) is 0 Å². The monoisotopic (exact) mass is 340 g/mol. The molecule has 3 aromatic heterocycles. The van der Waals surface area contributed by atoms with Crippen LogP contribution in [0.25, 0.3) is 5.52 Å². The van der Waals surface area contributed by atoms with Crippen molar-refractivity contribution in [1.29, 1.82) is 0 Å². The molecule has 0 radical (unpaired) electrons. The van der Waals surface area contributed by atoms with Gasteiger partial charge in [0.2, 0.25) is 5.76 Å². The Morgan fingerprint density at radius 2 is 2.28 bits per heavy atom. The predicted octanol–water partition coefficient (Wildman–Crippen LogP) is 1.96. The average molecular weight is 340 g/mol. The molecule has 1 atom stereocenters. The molecule has 0 bridgehead atoms. The fourth-order valence-corrected chi connectivity index (χ4v) is 3.30. The van der Waals surface area contributed by atoms with Crippen molar-refractivity contribution in [2.24, 2.45) is 5.92 Å². The summed E-state index contributed by atoms with van der Waals surface area (Å²) in [5, 5.41) is 0. The minimum absolute atomic E-state index is 0.126. The number of hydrogen-bond donors (Lipinski definition) is 0. The summed E-state index contributed by atoms with van der Waals surface area (Å²) in [6, 6.07) is 4.06. The molecule has 4 rings (SSSR count). The van der Waals surface area contributed by atoms with Crippen molar-refractivity contribution >= 4 is 11.4 Å². The summed E-state index contributed by atoms with van der Waals surface area (Å²) in [5.74, 6) is 0.370. The van der Waals surface area contributed by atoms with E-state index in [1.807, 2.05) is 18.5 Å². The van der Waals surface area contributed by atoms with E-state index in [1.54, 1.807) is 18.0 Å². The molecule has 0 spiro atoms. The second-order valence-corrected chi connectivity index (χ2v) is 6.34. The van der Waals surface area contributed by atoms with Crippen LogP contribution in [-0.2, 0) is 11.2 Å². The third-order valence-corrected chi connectivity index (χ3v) is 4.58. The van der Waals surface area contributed by atoms with E-state index in [0.717, 1.165) is 17.6 Å². The van der Waals surface area contributed by atoms with Gasteiger partial charge in [-0.05, 0) is 25.5 Å². The molecular weight excluding hydrogens is 320 g/mol. The van der Waals surface area contributed by atoms with Crippen LogP contribution in [0.5, 0.6) is 0 Å². The summed E-state index contributed by atoms with van der Waals surface area (Å²) < 4.78 is 13.0. The number of hydrogen-bond acceptors (Lipinski definition) is 5. The molecule has 1 fully saturated rings. The maximum absolute atomic E-state index is 12.7. The number of rotatable bonds is 3. The Bertz CT molecular complexity index is 885. The molecule has 0 unspecified atom stereocenters. The SMILES string of the molecule is Cc1ncoc1C(=O)N1CCOC[C@@H](Cc2nccn3cccc23)C1. The maximum atomic E-state index is 12.7. The van der Waals surface area contributed by atoms with E-state index in [9.17, 15) is 4.79 Å². The van der Waals surface area contributed by atoms with Crippen molar-refractivity contribution < 1.29 is 13.9 Å². The van der Waals surface area contributed by atoms with Gasteiger partial charge in [-0.15, -0.1) is 0 Å². The Hall–Kier alpha value is -2.67. The lowest BCUT2D eigenvalue weighted by molar-refractivity contribution is 0.0704. The normalized spacial score (nSPS) is 18.4. The zero-order valence-electron chi connectivity index (χ0n) is 14.1. The highest BCUT2D eigenvalue weighted by molar-refractivity contribution is 5.92. The number of ether oxygens (including phenoxy) is 1. The number of carbonyl (C=O) groups excluding carboxylic acids is 1. The lowest BCUT2D eigenvalue weighted by atomic mass is 10.0.